The SMILES string of the molecule is COc1cccc(-c2ccc3c(-c4cc(F)c5c(c4C)CCCO5)c([C@H](OC(C)(C)C)C(=O)O)n(C)c(=O)c3c2)n1. The fourth-order valence-electron chi connectivity index (χ4n) is 5.47. The van der Waals surface area contributed by atoms with Crippen LogP contribution in [0.15, 0.2) is 47.3 Å². The Kier molecular flexibility index (Phi) is 7.33. The van der Waals surface area contributed by atoms with Crippen LogP contribution in [0.25, 0.3) is 33.2 Å². The Morgan fingerprint density at radius 1 is 1.17 bits per heavy atom. The Morgan fingerprint density at radius 3 is 2.61 bits per heavy atom. The standard InChI is InChI=1S/C32H33FN2O6/c1-17-19-9-8-14-40-28(19)23(33)16-21(17)26-20-13-12-18(24-10-7-11-25(34-24)39-6)15-22(20)30(36)35(5)27(26)29(31(37)38)41-32(2,3)4/h7,10-13,15-16,29H,8-9,14H2,1-6H3,(H,37,38)/t29-/m0/s1. The lowest BCUT2D eigenvalue weighted by molar-refractivity contribution is -0.161. The van der Waals surface area contributed by atoms with Crippen molar-refractivity contribution in [2.24, 2.45) is 7.05 Å². The Hall–Kier alpha value is -4.24. The third kappa shape index (κ3) is 5.17. The van der Waals surface area contributed by atoms with Gasteiger partial charge in [-0.15, -0.1) is 0 Å². The quantitative estimate of drug-likeness (QED) is 0.309. The van der Waals surface area contributed by atoms with E-state index < -0.39 is 29.1 Å². The van der Waals surface area contributed by atoms with Gasteiger partial charge >= 0.3 is 5.97 Å². The maximum Gasteiger partial charge on any atom is 0.339 e. The molecule has 0 spiro atoms. The molecule has 1 N–H and O–H groups in total. The largest absolute Gasteiger partial charge is 0.490 e. The number of aliphatic carboxylic acids is 1. The van der Waals surface area contributed by atoms with Crippen LogP contribution in [0.5, 0.6) is 11.6 Å². The molecular weight excluding hydrogens is 527 g/mol. The van der Waals surface area contributed by atoms with Crippen LogP contribution in [-0.4, -0.2) is 39.9 Å². The highest BCUT2D eigenvalue weighted by Crippen LogP contribution is 2.43. The number of carboxylic acids is 1. The molecule has 41 heavy (non-hydrogen) atoms. The molecule has 5 rings (SSSR count). The molecule has 0 saturated heterocycles. The molecule has 0 aliphatic carbocycles. The molecule has 3 heterocycles. The Balaban J connectivity index is 1.89. The van der Waals surface area contributed by atoms with E-state index in [4.69, 9.17) is 14.2 Å². The van der Waals surface area contributed by atoms with Crippen LogP contribution in [0.2, 0.25) is 0 Å². The number of nitrogens with zero attached hydrogens (tertiary/aromatic N) is 2. The van der Waals surface area contributed by atoms with Crippen molar-refractivity contribution >= 4 is 16.7 Å². The van der Waals surface area contributed by atoms with Gasteiger partial charge in [-0.25, -0.2) is 14.2 Å². The van der Waals surface area contributed by atoms with Gasteiger partial charge in [0.1, 0.15) is 0 Å². The summed E-state index contributed by atoms with van der Waals surface area (Å²) in [5, 5.41) is 11.2. The first-order chi connectivity index (χ1) is 19.4. The number of ether oxygens (including phenoxy) is 3. The fraction of sp³-hybridized carbons (Fsp3) is 0.344. The Morgan fingerprint density at radius 2 is 1.93 bits per heavy atom. The van der Waals surface area contributed by atoms with Gasteiger partial charge in [0.25, 0.3) is 5.56 Å². The van der Waals surface area contributed by atoms with Crippen LogP contribution in [0, 0.1) is 12.7 Å². The molecule has 2 aromatic heterocycles. The molecule has 0 bridgehead atoms. The van der Waals surface area contributed by atoms with E-state index in [0.29, 0.717) is 52.1 Å². The summed E-state index contributed by atoms with van der Waals surface area (Å²) in [6, 6.07) is 12.0. The average molecular weight is 561 g/mol. The van der Waals surface area contributed by atoms with Gasteiger partial charge < -0.3 is 23.9 Å². The lowest BCUT2D eigenvalue weighted by atomic mass is 9.87. The zero-order valence-corrected chi connectivity index (χ0v) is 24.0. The van der Waals surface area contributed by atoms with E-state index in [1.165, 1.54) is 24.8 Å². The lowest BCUT2D eigenvalue weighted by Crippen LogP contribution is -2.33. The smallest absolute Gasteiger partial charge is 0.339 e. The van der Waals surface area contributed by atoms with E-state index in [1.807, 2.05) is 19.1 Å². The predicted octanol–water partition coefficient (Wildman–Crippen LogP) is 5.99. The Labute approximate surface area is 237 Å². The van der Waals surface area contributed by atoms with Crippen molar-refractivity contribution in [3.63, 3.8) is 0 Å². The summed E-state index contributed by atoms with van der Waals surface area (Å²) in [7, 11) is 3.05. The maximum absolute atomic E-state index is 15.5. The number of benzene rings is 2. The lowest BCUT2D eigenvalue weighted by Gasteiger charge is -2.29. The fourth-order valence-corrected chi connectivity index (χ4v) is 5.47. The molecule has 0 fully saturated rings. The third-order valence-electron chi connectivity index (χ3n) is 7.32. The van der Waals surface area contributed by atoms with Crippen LogP contribution in [0.1, 0.15) is 50.1 Å². The summed E-state index contributed by atoms with van der Waals surface area (Å²) in [5.74, 6) is -1.14. The molecule has 1 aliphatic heterocycles. The monoisotopic (exact) mass is 560 g/mol. The van der Waals surface area contributed by atoms with Gasteiger partial charge in [0, 0.05) is 35.2 Å². The van der Waals surface area contributed by atoms with Crippen LogP contribution in [0.3, 0.4) is 0 Å². The number of hydrogen-bond donors (Lipinski definition) is 1. The molecule has 0 amide bonds. The molecular formula is C32H33FN2O6. The van der Waals surface area contributed by atoms with E-state index in [2.05, 4.69) is 4.98 Å². The molecule has 0 saturated carbocycles. The van der Waals surface area contributed by atoms with Gasteiger partial charge in [0.2, 0.25) is 5.88 Å². The van der Waals surface area contributed by atoms with E-state index in [9.17, 15) is 14.7 Å². The summed E-state index contributed by atoms with van der Waals surface area (Å²) in [5.41, 5.74) is 2.56. The van der Waals surface area contributed by atoms with E-state index >= 15 is 4.39 Å². The summed E-state index contributed by atoms with van der Waals surface area (Å²) >= 11 is 0. The van der Waals surface area contributed by atoms with Crippen LogP contribution >= 0.6 is 0 Å². The molecule has 8 nitrogen and oxygen atoms in total. The number of carboxylic acid groups (broad SMARTS) is 1. The maximum atomic E-state index is 15.5. The number of methoxy groups -OCH3 is 1. The van der Waals surface area contributed by atoms with Crippen molar-refractivity contribution in [2.75, 3.05) is 13.7 Å². The summed E-state index contributed by atoms with van der Waals surface area (Å²) in [4.78, 5) is 31.1. The van der Waals surface area contributed by atoms with Crippen molar-refractivity contribution in [1.29, 1.82) is 0 Å². The first-order valence-corrected chi connectivity index (χ1v) is 13.4. The molecule has 0 radical (unpaired) electrons. The van der Waals surface area contributed by atoms with Crippen molar-refractivity contribution in [2.45, 2.75) is 52.2 Å². The second-order valence-corrected chi connectivity index (χ2v) is 11.2. The molecule has 0 unspecified atom stereocenters. The number of halogens is 1. The third-order valence-corrected chi connectivity index (χ3v) is 7.32. The minimum atomic E-state index is -1.50. The van der Waals surface area contributed by atoms with Gasteiger partial charge in [-0.05, 0) is 75.2 Å². The molecule has 4 aromatic rings. The second kappa shape index (κ2) is 10.6. The number of fused-ring (bicyclic) bond motifs is 2. The second-order valence-electron chi connectivity index (χ2n) is 11.2. The predicted molar refractivity (Wildman–Crippen MR) is 154 cm³/mol. The first kappa shape index (κ1) is 28.3. The zero-order valence-electron chi connectivity index (χ0n) is 24.0. The number of hydrogen-bond acceptors (Lipinski definition) is 6. The topological polar surface area (TPSA) is 99.9 Å². The van der Waals surface area contributed by atoms with Crippen LogP contribution in [0.4, 0.5) is 4.39 Å². The highest BCUT2D eigenvalue weighted by Gasteiger charge is 2.34. The number of pyridine rings is 2. The van der Waals surface area contributed by atoms with Crippen molar-refractivity contribution < 1.29 is 28.5 Å². The van der Waals surface area contributed by atoms with Crippen LogP contribution < -0.4 is 15.0 Å². The number of aromatic nitrogens is 2. The minimum Gasteiger partial charge on any atom is -0.490 e. The molecule has 9 heteroatoms. The summed E-state index contributed by atoms with van der Waals surface area (Å²) in [6.45, 7) is 7.54. The zero-order chi connectivity index (χ0) is 29.6. The molecule has 214 valence electrons. The molecule has 1 aliphatic rings. The molecule has 1 atom stereocenters. The van der Waals surface area contributed by atoms with Crippen molar-refractivity contribution in [1.82, 2.24) is 9.55 Å². The highest BCUT2D eigenvalue weighted by molar-refractivity contribution is 6.01. The normalized spacial score (nSPS) is 13.9. The Bertz CT molecular complexity index is 1740. The number of carbonyl (C=O) groups is 1. The van der Waals surface area contributed by atoms with E-state index in [0.717, 1.165) is 17.5 Å². The van der Waals surface area contributed by atoms with Gasteiger partial charge in [-0.2, -0.15) is 0 Å². The summed E-state index contributed by atoms with van der Waals surface area (Å²) in [6.07, 6.45) is -0.141. The van der Waals surface area contributed by atoms with Gasteiger partial charge in [0.05, 0.1) is 30.7 Å². The minimum absolute atomic E-state index is 0.136. The van der Waals surface area contributed by atoms with E-state index in [1.54, 1.807) is 45.0 Å². The first-order valence-electron chi connectivity index (χ1n) is 13.4. The highest BCUT2D eigenvalue weighted by atomic mass is 19.1. The van der Waals surface area contributed by atoms with Crippen molar-refractivity contribution in [3.8, 4) is 34.0 Å². The van der Waals surface area contributed by atoms with Crippen molar-refractivity contribution in [3.05, 3.63) is 75.5 Å². The van der Waals surface area contributed by atoms with E-state index in [-0.39, 0.29) is 11.4 Å². The van der Waals surface area contributed by atoms with Gasteiger partial charge in [-0.3, -0.25) is 4.79 Å². The number of rotatable bonds is 6. The molecule has 2 aromatic carbocycles. The summed E-state index contributed by atoms with van der Waals surface area (Å²) < 4.78 is 33.8. The van der Waals surface area contributed by atoms with Gasteiger partial charge in [0.15, 0.2) is 17.7 Å². The van der Waals surface area contributed by atoms with Gasteiger partial charge in [-0.1, -0.05) is 18.2 Å². The van der Waals surface area contributed by atoms with Crippen LogP contribution in [-0.2, 0) is 23.0 Å². The average Bonchev–Trinajstić information content (AvgIpc) is 2.95.